The van der Waals surface area contributed by atoms with Crippen LogP contribution in [0, 0.1) is 19.3 Å². The molecule has 7 nitrogen and oxygen atoms in total. The van der Waals surface area contributed by atoms with E-state index >= 15 is 0 Å². The molecule has 0 spiro atoms. The lowest BCUT2D eigenvalue weighted by molar-refractivity contribution is -0.242. The maximum absolute atomic E-state index is 6.14. The van der Waals surface area contributed by atoms with E-state index < -0.39 is 6.29 Å². The van der Waals surface area contributed by atoms with Gasteiger partial charge in [0, 0.05) is 22.2 Å². The normalized spacial score (nSPS) is 20.3. The summed E-state index contributed by atoms with van der Waals surface area (Å²) in [4.78, 5) is 8.37. The molecule has 1 aliphatic rings. The summed E-state index contributed by atoms with van der Waals surface area (Å²) in [6.45, 7) is 9.13. The number of nitrogens with zero attached hydrogens (tertiary/aromatic N) is 3. The van der Waals surface area contributed by atoms with Crippen molar-refractivity contribution >= 4 is 0 Å². The van der Waals surface area contributed by atoms with Crippen molar-refractivity contribution in [2.24, 2.45) is 5.41 Å². The Hall–Kier alpha value is -3.26. The lowest BCUT2D eigenvalue weighted by Crippen LogP contribution is -2.40. The Morgan fingerprint density at radius 1 is 1.00 bits per heavy atom. The minimum atomic E-state index is -0.544. The average molecular weight is 473 g/mol. The third-order valence-corrected chi connectivity index (χ3v) is 6.22. The van der Waals surface area contributed by atoms with Gasteiger partial charge in [-0.2, -0.15) is 5.10 Å². The van der Waals surface area contributed by atoms with Gasteiger partial charge in [-0.05, 0) is 19.9 Å². The maximum atomic E-state index is 6.14. The van der Waals surface area contributed by atoms with Crippen LogP contribution in [0.5, 0.6) is 0 Å². The van der Waals surface area contributed by atoms with Crippen molar-refractivity contribution in [1.29, 1.82) is 0 Å². The highest BCUT2D eigenvalue weighted by molar-refractivity contribution is 5.78. The Morgan fingerprint density at radius 2 is 1.66 bits per heavy atom. The molecule has 1 N–H and O–H groups in total. The van der Waals surface area contributed by atoms with E-state index in [4.69, 9.17) is 19.2 Å². The predicted molar refractivity (Wildman–Crippen MR) is 135 cm³/mol. The summed E-state index contributed by atoms with van der Waals surface area (Å²) in [7, 11) is 0. The van der Waals surface area contributed by atoms with Gasteiger partial charge in [0.05, 0.1) is 50.1 Å². The van der Waals surface area contributed by atoms with Crippen LogP contribution in [0.2, 0.25) is 0 Å². The van der Waals surface area contributed by atoms with Gasteiger partial charge in [-0.1, -0.05) is 67.6 Å². The molecule has 0 saturated carbocycles. The van der Waals surface area contributed by atoms with Crippen molar-refractivity contribution in [3.05, 3.63) is 83.9 Å². The van der Waals surface area contributed by atoms with Gasteiger partial charge >= 0.3 is 0 Å². The quantitative estimate of drug-likeness (QED) is 0.351. The number of aromatic amines is 1. The number of aryl methyl sites for hydroxylation is 2. The molecule has 7 heteroatoms. The molecule has 2 aromatic heterocycles. The Labute approximate surface area is 206 Å². The first kappa shape index (κ1) is 23.5. The molecule has 1 aliphatic heterocycles. The predicted octanol–water partition coefficient (Wildman–Crippen LogP) is 5.33. The van der Waals surface area contributed by atoms with E-state index in [9.17, 15) is 0 Å². The number of ether oxygens (including phenoxy) is 3. The lowest BCUT2D eigenvalue weighted by atomic mass is 9.93. The van der Waals surface area contributed by atoms with Crippen LogP contribution in [0.1, 0.15) is 30.4 Å². The molecule has 1 fully saturated rings. The second-order valence-electron chi connectivity index (χ2n) is 9.55. The number of imidazole rings is 1. The molecule has 0 atom stereocenters. The number of nitrogens with one attached hydrogen (secondary N) is 1. The van der Waals surface area contributed by atoms with E-state index in [1.165, 1.54) is 0 Å². The highest BCUT2D eigenvalue weighted by Gasteiger charge is 2.35. The Bertz CT molecular complexity index is 1180. The second kappa shape index (κ2) is 10.2. The first-order valence-electron chi connectivity index (χ1n) is 12.0. The van der Waals surface area contributed by atoms with Crippen molar-refractivity contribution in [2.45, 2.75) is 33.6 Å². The Kier molecular flexibility index (Phi) is 6.81. The van der Waals surface area contributed by atoms with Crippen LogP contribution in [0.4, 0.5) is 0 Å². The topological polar surface area (TPSA) is 74.2 Å². The highest BCUT2D eigenvalue weighted by atomic mass is 16.7. The minimum absolute atomic E-state index is 0.220. The summed E-state index contributed by atoms with van der Waals surface area (Å²) in [5, 5.41) is 4.49. The standard InChI is InChI=1S/C28H32N4O3/c1-20-16-21(2)32(31-20)14-15-33-17-28(3)18-34-27(35-19-28)26-29-24(22-10-6-4-7-11-22)25(30-26)23-12-8-5-9-13-23/h4-13,16,27H,14-15,17-19H2,1-3H3,(H,29,30). The molecule has 0 aliphatic carbocycles. The van der Waals surface area contributed by atoms with Crippen LogP contribution in [0.3, 0.4) is 0 Å². The molecule has 0 bridgehead atoms. The molecule has 35 heavy (non-hydrogen) atoms. The van der Waals surface area contributed by atoms with Gasteiger partial charge in [-0.3, -0.25) is 4.68 Å². The van der Waals surface area contributed by atoms with Gasteiger partial charge in [0.1, 0.15) is 0 Å². The first-order chi connectivity index (χ1) is 17.0. The number of benzene rings is 2. The van der Waals surface area contributed by atoms with Crippen LogP contribution in [0.15, 0.2) is 66.7 Å². The molecular formula is C28H32N4O3. The summed E-state index contributed by atoms with van der Waals surface area (Å²) in [6.07, 6.45) is -0.544. The van der Waals surface area contributed by atoms with Crippen LogP contribution in [-0.2, 0) is 20.8 Å². The molecule has 0 unspecified atom stereocenters. The van der Waals surface area contributed by atoms with Crippen LogP contribution in [0.25, 0.3) is 22.5 Å². The maximum Gasteiger partial charge on any atom is 0.217 e. The lowest BCUT2D eigenvalue weighted by Gasteiger charge is -2.36. The summed E-state index contributed by atoms with van der Waals surface area (Å²) >= 11 is 0. The first-order valence-corrected chi connectivity index (χ1v) is 12.0. The fourth-order valence-corrected chi connectivity index (χ4v) is 4.38. The summed E-state index contributed by atoms with van der Waals surface area (Å²) < 4.78 is 20.2. The van der Waals surface area contributed by atoms with Gasteiger partial charge in [0.25, 0.3) is 0 Å². The van der Waals surface area contributed by atoms with Gasteiger partial charge < -0.3 is 19.2 Å². The summed E-state index contributed by atoms with van der Waals surface area (Å²) in [5.41, 5.74) is 5.92. The SMILES string of the molecule is Cc1cc(C)n(CCOCC2(C)COC(c3nc(-c4ccccc4)c(-c4ccccc4)[nH]3)OC2)n1. The van der Waals surface area contributed by atoms with E-state index in [0.717, 1.165) is 40.4 Å². The fourth-order valence-electron chi connectivity index (χ4n) is 4.38. The second-order valence-corrected chi connectivity index (χ2v) is 9.55. The number of hydrogen-bond acceptors (Lipinski definition) is 5. The van der Waals surface area contributed by atoms with E-state index in [1.807, 2.05) is 48.0 Å². The van der Waals surface area contributed by atoms with Gasteiger partial charge in [0.2, 0.25) is 6.29 Å². The van der Waals surface area contributed by atoms with Crippen molar-refractivity contribution in [2.75, 3.05) is 26.4 Å². The smallest absolute Gasteiger partial charge is 0.217 e. The van der Waals surface area contributed by atoms with Gasteiger partial charge in [0.15, 0.2) is 5.82 Å². The highest BCUT2D eigenvalue weighted by Crippen LogP contribution is 2.35. The number of H-pyrrole nitrogens is 1. The average Bonchev–Trinajstić information content (AvgIpc) is 3.46. The van der Waals surface area contributed by atoms with E-state index in [0.29, 0.717) is 32.3 Å². The van der Waals surface area contributed by atoms with E-state index in [-0.39, 0.29) is 5.41 Å². The van der Waals surface area contributed by atoms with Gasteiger partial charge in [-0.25, -0.2) is 4.98 Å². The monoisotopic (exact) mass is 472 g/mol. The number of hydrogen-bond donors (Lipinski definition) is 1. The van der Waals surface area contributed by atoms with Crippen molar-refractivity contribution in [3.63, 3.8) is 0 Å². The number of rotatable bonds is 8. The minimum Gasteiger partial charge on any atom is -0.379 e. The zero-order chi connectivity index (χ0) is 24.3. The largest absolute Gasteiger partial charge is 0.379 e. The van der Waals surface area contributed by atoms with Crippen LogP contribution >= 0.6 is 0 Å². The third kappa shape index (κ3) is 5.37. The summed E-state index contributed by atoms with van der Waals surface area (Å²) in [5.74, 6) is 0.676. The Morgan fingerprint density at radius 3 is 2.29 bits per heavy atom. The molecule has 0 amide bonds. The Balaban J connectivity index is 1.23. The zero-order valence-electron chi connectivity index (χ0n) is 20.5. The molecule has 0 radical (unpaired) electrons. The fraction of sp³-hybridized carbons (Fsp3) is 0.357. The molecule has 182 valence electrons. The van der Waals surface area contributed by atoms with Crippen LogP contribution < -0.4 is 0 Å². The zero-order valence-corrected chi connectivity index (χ0v) is 20.5. The van der Waals surface area contributed by atoms with E-state index in [1.54, 1.807) is 0 Å². The molecule has 4 aromatic rings. The summed E-state index contributed by atoms with van der Waals surface area (Å²) in [6, 6.07) is 22.5. The number of aromatic nitrogens is 4. The third-order valence-electron chi connectivity index (χ3n) is 6.22. The molecular weight excluding hydrogens is 440 g/mol. The molecule has 2 aromatic carbocycles. The molecule has 1 saturated heterocycles. The van der Waals surface area contributed by atoms with E-state index in [2.05, 4.69) is 54.3 Å². The van der Waals surface area contributed by atoms with Gasteiger partial charge in [-0.15, -0.1) is 0 Å². The molecule has 5 rings (SSSR count). The van der Waals surface area contributed by atoms with Crippen LogP contribution in [-0.4, -0.2) is 46.2 Å². The molecule has 3 heterocycles. The van der Waals surface area contributed by atoms with Crippen molar-refractivity contribution in [1.82, 2.24) is 19.7 Å². The van der Waals surface area contributed by atoms with Crippen molar-refractivity contribution < 1.29 is 14.2 Å². The van der Waals surface area contributed by atoms with Crippen molar-refractivity contribution in [3.8, 4) is 22.5 Å².